The molecule has 144 valence electrons. The topological polar surface area (TPSA) is 62.3 Å². The first-order valence-corrected chi connectivity index (χ1v) is 9.91. The summed E-state index contributed by atoms with van der Waals surface area (Å²) in [6.45, 7) is 0.994. The molecule has 2 aliphatic rings. The van der Waals surface area contributed by atoms with Gasteiger partial charge in [-0.2, -0.15) is 0 Å². The standard InChI is InChI=1S/C23H25N3O2/c27-21-9-13-23(22(28)25-16-18-10-14-24-15-11-18)12-5-4-8-20(23)26(21)17-19-6-2-1-3-7-19/h1-3,6-8,10-11,14-15H,4-5,9,12-13,16-17H2,(H,25,28). The average Bonchev–Trinajstić information content (AvgIpc) is 2.75. The van der Waals surface area contributed by atoms with Gasteiger partial charge in [0.25, 0.3) is 0 Å². The Balaban J connectivity index is 1.57. The molecule has 2 aromatic rings. The maximum Gasteiger partial charge on any atom is 0.232 e. The van der Waals surface area contributed by atoms with Gasteiger partial charge in [0.05, 0.1) is 12.0 Å². The molecular formula is C23H25N3O2. The number of allylic oxidation sites excluding steroid dienone is 1. The van der Waals surface area contributed by atoms with Crippen molar-refractivity contribution >= 4 is 11.8 Å². The van der Waals surface area contributed by atoms with Crippen LogP contribution < -0.4 is 5.32 Å². The lowest BCUT2D eigenvalue weighted by atomic mass is 9.69. The van der Waals surface area contributed by atoms with Crippen molar-refractivity contribution in [1.82, 2.24) is 15.2 Å². The third-order valence-corrected chi connectivity index (χ3v) is 5.81. The number of hydrogen-bond acceptors (Lipinski definition) is 3. The van der Waals surface area contributed by atoms with Crippen molar-refractivity contribution in [3.63, 3.8) is 0 Å². The molecule has 1 N–H and O–H groups in total. The summed E-state index contributed by atoms with van der Waals surface area (Å²) in [5.41, 5.74) is 2.39. The molecule has 0 spiro atoms. The Bertz CT molecular complexity index is 879. The second-order valence-electron chi connectivity index (χ2n) is 7.57. The summed E-state index contributed by atoms with van der Waals surface area (Å²) in [4.78, 5) is 31.9. The maximum absolute atomic E-state index is 13.3. The number of rotatable bonds is 5. The maximum atomic E-state index is 13.3. The normalized spacial score (nSPS) is 21.6. The molecule has 1 atom stereocenters. The Hall–Kier alpha value is -2.95. The van der Waals surface area contributed by atoms with Crippen molar-refractivity contribution < 1.29 is 9.59 Å². The molecule has 1 aromatic carbocycles. The number of pyridine rings is 1. The molecule has 0 radical (unpaired) electrons. The van der Waals surface area contributed by atoms with E-state index >= 15 is 0 Å². The molecule has 2 heterocycles. The fourth-order valence-corrected chi connectivity index (χ4v) is 4.31. The lowest BCUT2D eigenvalue weighted by Crippen LogP contribution is -2.52. The number of nitrogens with zero attached hydrogens (tertiary/aromatic N) is 2. The number of benzene rings is 1. The van der Waals surface area contributed by atoms with Crippen LogP contribution in [0.5, 0.6) is 0 Å². The zero-order valence-electron chi connectivity index (χ0n) is 15.9. The fourth-order valence-electron chi connectivity index (χ4n) is 4.31. The van der Waals surface area contributed by atoms with Crippen LogP contribution in [0.3, 0.4) is 0 Å². The van der Waals surface area contributed by atoms with Gasteiger partial charge < -0.3 is 10.2 Å². The number of carbonyl (C=O) groups is 2. The van der Waals surface area contributed by atoms with Crippen LogP contribution in [-0.2, 0) is 22.7 Å². The van der Waals surface area contributed by atoms with Gasteiger partial charge in [-0.3, -0.25) is 14.6 Å². The predicted octanol–water partition coefficient (Wildman–Crippen LogP) is 3.57. The smallest absolute Gasteiger partial charge is 0.232 e. The molecule has 1 aliphatic heterocycles. The van der Waals surface area contributed by atoms with E-state index in [0.29, 0.717) is 25.9 Å². The number of nitrogens with one attached hydrogen (secondary N) is 1. The third kappa shape index (κ3) is 3.57. The molecule has 4 rings (SSSR count). The molecule has 1 unspecified atom stereocenters. The van der Waals surface area contributed by atoms with E-state index in [9.17, 15) is 9.59 Å². The summed E-state index contributed by atoms with van der Waals surface area (Å²) in [5, 5.41) is 3.11. The number of piperidine rings is 1. The van der Waals surface area contributed by atoms with Crippen molar-refractivity contribution in [3.05, 3.63) is 77.8 Å². The summed E-state index contributed by atoms with van der Waals surface area (Å²) in [6.07, 6.45) is 9.24. The van der Waals surface area contributed by atoms with Crippen molar-refractivity contribution in [2.45, 2.75) is 45.2 Å². The van der Waals surface area contributed by atoms with Crippen molar-refractivity contribution in [2.75, 3.05) is 0 Å². The molecule has 2 amide bonds. The minimum Gasteiger partial charge on any atom is -0.351 e. The van der Waals surface area contributed by atoms with E-state index in [1.165, 1.54) is 0 Å². The Morgan fingerprint density at radius 2 is 1.86 bits per heavy atom. The second kappa shape index (κ2) is 7.97. The molecule has 1 aliphatic carbocycles. The quantitative estimate of drug-likeness (QED) is 0.869. The van der Waals surface area contributed by atoms with Gasteiger partial charge in [0.1, 0.15) is 0 Å². The van der Waals surface area contributed by atoms with Crippen LogP contribution in [0.15, 0.2) is 66.6 Å². The van der Waals surface area contributed by atoms with E-state index in [1.54, 1.807) is 12.4 Å². The Morgan fingerprint density at radius 3 is 2.64 bits per heavy atom. The minimum atomic E-state index is -0.603. The van der Waals surface area contributed by atoms with E-state index < -0.39 is 5.41 Å². The molecule has 1 fully saturated rings. The number of amides is 2. The van der Waals surface area contributed by atoms with Gasteiger partial charge in [-0.1, -0.05) is 36.4 Å². The summed E-state index contributed by atoms with van der Waals surface area (Å²) in [7, 11) is 0. The predicted molar refractivity (Wildman–Crippen MR) is 107 cm³/mol. The monoisotopic (exact) mass is 375 g/mol. The van der Waals surface area contributed by atoms with E-state index in [2.05, 4.69) is 16.4 Å². The molecule has 0 bridgehead atoms. The highest BCUT2D eigenvalue weighted by atomic mass is 16.2. The molecule has 28 heavy (non-hydrogen) atoms. The van der Waals surface area contributed by atoms with Crippen LogP contribution in [0.1, 0.15) is 43.2 Å². The summed E-state index contributed by atoms with van der Waals surface area (Å²) < 4.78 is 0. The van der Waals surface area contributed by atoms with Crippen LogP contribution in [0.25, 0.3) is 0 Å². The van der Waals surface area contributed by atoms with Crippen LogP contribution >= 0.6 is 0 Å². The van der Waals surface area contributed by atoms with Gasteiger partial charge in [-0.25, -0.2) is 0 Å². The van der Waals surface area contributed by atoms with Gasteiger partial charge >= 0.3 is 0 Å². The van der Waals surface area contributed by atoms with Crippen LogP contribution in [-0.4, -0.2) is 21.7 Å². The molecule has 5 heteroatoms. The van der Waals surface area contributed by atoms with E-state index in [1.807, 2.05) is 47.4 Å². The highest BCUT2D eigenvalue weighted by molar-refractivity contribution is 5.91. The van der Waals surface area contributed by atoms with Crippen LogP contribution in [0.2, 0.25) is 0 Å². The second-order valence-corrected chi connectivity index (χ2v) is 7.57. The Morgan fingerprint density at radius 1 is 1.07 bits per heavy atom. The van der Waals surface area contributed by atoms with Crippen molar-refractivity contribution in [3.8, 4) is 0 Å². The van der Waals surface area contributed by atoms with Crippen LogP contribution in [0, 0.1) is 5.41 Å². The largest absolute Gasteiger partial charge is 0.351 e. The lowest BCUT2D eigenvalue weighted by Gasteiger charge is -2.46. The number of hydrogen-bond donors (Lipinski definition) is 1. The first-order chi connectivity index (χ1) is 13.7. The van der Waals surface area contributed by atoms with Crippen molar-refractivity contribution in [1.29, 1.82) is 0 Å². The summed E-state index contributed by atoms with van der Waals surface area (Å²) >= 11 is 0. The first kappa shape index (κ1) is 18.4. The molecule has 1 saturated heterocycles. The summed E-state index contributed by atoms with van der Waals surface area (Å²) in [5.74, 6) is 0.135. The minimum absolute atomic E-state index is 0.0285. The van der Waals surface area contributed by atoms with E-state index in [0.717, 1.165) is 36.1 Å². The number of likely N-dealkylation sites (tertiary alicyclic amines) is 1. The zero-order valence-corrected chi connectivity index (χ0v) is 15.9. The third-order valence-electron chi connectivity index (χ3n) is 5.81. The van der Waals surface area contributed by atoms with E-state index in [4.69, 9.17) is 0 Å². The SMILES string of the molecule is O=C1CCC2(C(=O)NCc3ccncc3)CCCC=C2N1Cc1ccccc1. The summed E-state index contributed by atoms with van der Waals surface area (Å²) in [6, 6.07) is 13.8. The van der Waals surface area contributed by atoms with Crippen molar-refractivity contribution in [2.24, 2.45) is 5.41 Å². The fraction of sp³-hybridized carbons (Fsp3) is 0.348. The molecule has 5 nitrogen and oxygen atoms in total. The molecule has 0 saturated carbocycles. The van der Waals surface area contributed by atoms with Gasteiger partial charge in [0, 0.05) is 31.1 Å². The van der Waals surface area contributed by atoms with Gasteiger partial charge in [0.15, 0.2) is 0 Å². The van der Waals surface area contributed by atoms with E-state index in [-0.39, 0.29) is 11.8 Å². The number of fused-ring (bicyclic) bond motifs is 1. The average molecular weight is 375 g/mol. The number of carbonyl (C=O) groups excluding carboxylic acids is 2. The van der Waals surface area contributed by atoms with Gasteiger partial charge in [0.2, 0.25) is 11.8 Å². The Kier molecular flexibility index (Phi) is 5.24. The number of aromatic nitrogens is 1. The molecule has 1 aromatic heterocycles. The molecular weight excluding hydrogens is 350 g/mol. The first-order valence-electron chi connectivity index (χ1n) is 9.91. The lowest BCUT2D eigenvalue weighted by molar-refractivity contribution is -0.141. The highest BCUT2D eigenvalue weighted by Crippen LogP contribution is 2.47. The van der Waals surface area contributed by atoms with Crippen LogP contribution in [0.4, 0.5) is 0 Å². The van der Waals surface area contributed by atoms with Gasteiger partial charge in [-0.05, 0) is 48.9 Å². The zero-order chi connectivity index (χ0) is 19.4. The Labute approximate surface area is 165 Å². The highest BCUT2D eigenvalue weighted by Gasteiger charge is 2.49. The van der Waals surface area contributed by atoms with Gasteiger partial charge in [-0.15, -0.1) is 0 Å².